The molecule has 62 valence electrons. The summed E-state index contributed by atoms with van der Waals surface area (Å²) < 4.78 is 4.95. The summed E-state index contributed by atoms with van der Waals surface area (Å²) in [6.45, 7) is 8.74. The van der Waals surface area contributed by atoms with E-state index in [9.17, 15) is 0 Å². The van der Waals surface area contributed by atoms with E-state index in [0.29, 0.717) is 0 Å². The smallest absolute Gasteiger partial charge is 0.0474 e. The molecule has 0 fully saturated rings. The minimum atomic E-state index is 0.885. The molecule has 10 heavy (non-hydrogen) atoms. The molecule has 0 bridgehead atoms. The first kappa shape index (κ1) is 9.92. The molecule has 0 heterocycles. The Morgan fingerprint density at radius 2 is 1.80 bits per heavy atom. The molecular formula is C8H19NO. The van der Waals surface area contributed by atoms with Crippen LogP contribution in [0.1, 0.15) is 20.3 Å². The maximum absolute atomic E-state index is 4.95. The number of ether oxygens (including phenoxy) is 1. The number of rotatable bonds is 6. The number of hydrogen-bond acceptors (Lipinski definition) is 2. The first-order chi connectivity index (χ1) is 4.85. The second-order valence-electron chi connectivity index (χ2n) is 2.37. The second-order valence-corrected chi connectivity index (χ2v) is 2.37. The summed E-state index contributed by atoms with van der Waals surface area (Å²) in [7, 11) is 1.75. The summed E-state index contributed by atoms with van der Waals surface area (Å²) in [5.41, 5.74) is 0. The predicted molar refractivity (Wildman–Crippen MR) is 44.3 cm³/mol. The third-order valence-electron chi connectivity index (χ3n) is 1.72. The molecular weight excluding hydrogens is 126 g/mol. The fourth-order valence-electron chi connectivity index (χ4n) is 0.972. The number of hydrogen-bond donors (Lipinski definition) is 0. The summed E-state index contributed by atoms with van der Waals surface area (Å²) in [5.74, 6) is 0. The van der Waals surface area contributed by atoms with Gasteiger partial charge in [0.2, 0.25) is 0 Å². The summed E-state index contributed by atoms with van der Waals surface area (Å²) >= 11 is 0. The van der Waals surface area contributed by atoms with Crippen molar-refractivity contribution >= 4 is 0 Å². The molecule has 2 heteroatoms. The Kier molecular flexibility index (Phi) is 6.98. The van der Waals surface area contributed by atoms with Crippen LogP contribution in [0.4, 0.5) is 0 Å². The fourth-order valence-corrected chi connectivity index (χ4v) is 0.972. The van der Waals surface area contributed by atoms with Gasteiger partial charge in [0.15, 0.2) is 0 Å². The van der Waals surface area contributed by atoms with Gasteiger partial charge in [-0.25, -0.2) is 0 Å². The zero-order valence-corrected chi connectivity index (χ0v) is 7.39. The van der Waals surface area contributed by atoms with Gasteiger partial charge in [0.05, 0.1) is 0 Å². The highest BCUT2D eigenvalue weighted by Crippen LogP contribution is 1.89. The van der Waals surface area contributed by atoms with Crippen LogP contribution in [0.25, 0.3) is 0 Å². The molecule has 0 aromatic rings. The van der Waals surface area contributed by atoms with Crippen molar-refractivity contribution in [2.45, 2.75) is 20.3 Å². The van der Waals surface area contributed by atoms with Crippen molar-refractivity contribution in [2.24, 2.45) is 0 Å². The maximum Gasteiger partial charge on any atom is 0.0474 e. The van der Waals surface area contributed by atoms with E-state index in [1.807, 2.05) is 0 Å². The SMILES string of the molecule is CCN(CC)CCCOC. The van der Waals surface area contributed by atoms with E-state index in [1.165, 1.54) is 6.54 Å². The Hall–Kier alpha value is -0.0800. The third-order valence-corrected chi connectivity index (χ3v) is 1.72. The number of methoxy groups -OCH3 is 1. The topological polar surface area (TPSA) is 12.5 Å². The van der Waals surface area contributed by atoms with E-state index >= 15 is 0 Å². The van der Waals surface area contributed by atoms with Crippen LogP contribution in [-0.2, 0) is 4.74 Å². The van der Waals surface area contributed by atoms with Crippen molar-refractivity contribution in [1.29, 1.82) is 0 Å². The predicted octanol–water partition coefficient (Wildman–Crippen LogP) is 1.36. The molecule has 0 aliphatic carbocycles. The number of nitrogens with zero attached hydrogens (tertiary/aromatic N) is 1. The third kappa shape index (κ3) is 4.77. The summed E-state index contributed by atoms with van der Waals surface area (Å²) in [6, 6.07) is 0. The molecule has 0 amide bonds. The van der Waals surface area contributed by atoms with Gasteiger partial charge in [0.25, 0.3) is 0 Å². The lowest BCUT2D eigenvalue weighted by Crippen LogP contribution is -2.24. The highest BCUT2D eigenvalue weighted by atomic mass is 16.5. The summed E-state index contributed by atoms with van der Waals surface area (Å²) in [5, 5.41) is 0. The minimum Gasteiger partial charge on any atom is -0.385 e. The Bertz CT molecular complexity index is 62.3. The van der Waals surface area contributed by atoms with Crippen molar-refractivity contribution in [3.05, 3.63) is 0 Å². The largest absolute Gasteiger partial charge is 0.385 e. The molecule has 0 aliphatic rings. The monoisotopic (exact) mass is 145 g/mol. The quantitative estimate of drug-likeness (QED) is 0.523. The lowest BCUT2D eigenvalue weighted by Gasteiger charge is -2.16. The van der Waals surface area contributed by atoms with E-state index in [-0.39, 0.29) is 0 Å². The minimum absolute atomic E-state index is 0.885. The van der Waals surface area contributed by atoms with Crippen LogP contribution in [0, 0.1) is 0 Å². The Balaban J connectivity index is 3.09. The van der Waals surface area contributed by atoms with E-state index in [2.05, 4.69) is 18.7 Å². The highest BCUT2D eigenvalue weighted by Gasteiger charge is 1.96. The van der Waals surface area contributed by atoms with Gasteiger partial charge in [0, 0.05) is 20.3 Å². The van der Waals surface area contributed by atoms with Gasteiger partial charge in [0.1, 0.15) is 0 Å². The average molecular weight is 145 g/mol. The molecule has 0 unspecified atom stereocenters. The molecule has 0 aromatic heterocycles. The molecule has 0 aromatic carbocycles. The van der Waals surface area contributed by atoms with Gasteiger partial charge in [-0.15, -0.1) is 0 Å². The zero-order valence-electron chi connectivity index (χ0n) is 7.39. The van der Waals surface area contributed by atoms with Gasteiger partial charge in [-0.05, 0) is 19.5 Å². The molecule has 0 spiro atoms. The van der Waals surface area contributed by atoms with Gasteiger partial charge < -0.3 is 9.64 Å². The van der Waals surface area contributed by atoms with Crippen LogP contribution >= 0.6 is 0 Å². The highest BCUT2D eigenvalue weighted by molar-refractivity contribution is 4.50. The van der Waals surface area contributed by atoms with E-state index in [4.69, 9.17) is 4.74 Å². The van der Waals surface area contributed by atoms with E-state index < -0.39 is 0 Å². The average Bonchev–Trinajstić information content (AvgIpc) is 1.99. The van der Waals surface area contributed by atoms with E-state index in [1.54, 1.807) is 7.11 Å². The summed E-state index contributed by atoms with van der Waals surface area (Å²) in [4.78, 5) is 2.40. The van der Waals surface area contributed by atoms with Gasteiger partial charge in [-0.2, -0.15) is 0 Å². The standard InChI is InChI=1S/C8H19NO/c1-4-9(5-2)7-6-8-10-3/h4-8H2,1-3H3. The van der Waals surface area contributed by atoms with Gasteiger partial charge in [-0.1, -0.05) is 13.8 Å². The molecule has 0 radical (unpaired) electrons. The van der Waals surface area contributed by atoms with Crippen LogP contribution in [-0.4, -0.2) is 38.3 Å². The lowest BCUT2D eigenvalue weighted by atomic mass is 10.4. The Labute approximate surface area is 64.2 Å². The molecule has 0 saturated carbocycles. The van der Waals surface area contributed by atoms with E-state index in [0.717, 1.165) is 26.1 Å². The van der Waals surface area contributed by atoms with Gasteiger partial charge in [-0.3, -0.25) is 0 Å². The molecule has 0 aliphatic heterocycles. The summed E-state index contributed by atoms with van der Waals surface area (Å²) in [6.07, 6.45) is 1.15. The van der Waals surface area contributed by atoms with Crippen LogP contribution in [0.15, 0.2) is 0 Å². The molecule has 0 N–H and O–H groups in total. The van der Waals surface area contributed by atoms with Crippen molar-refractivity contribution in [3.8, 4) is 0 Å². The first-order valence-corrected chi connectivity index (χ1v) is 4.06. The van der Waals surface area contributed by atoms with Gasteiger partial charge >= 0.3 is 0 Å². The Morgan fingerprint density at radius 1 is 1.20 bits per heavy atom. The van der Waals surface area contributed by atoms with Crippen LogP contribution in [0.2, 0.25) is 0 Å². The van der Waals surface area contributed by atoms with Crippen LogP contribution in [0.3, 0.4) is 0 Å². The molecule has 0 saturated heterocycles. The maximum atomic E-state index is 4.95. The van der Waals surface area contributed by atoms with Crippen molar-refractivity contribution in [2.75, 3.05) is 33.4 Å². The van der Waals surface area contributed by atoms with Crippen molar-refractivity contribution < 1.29 is 4.74 Å². The normalized spacial score (nSPS) is 10.8. The van der Waals surface area contributed by atoms with Crippen molar-refractivity contribution in [3.63, 3.8) is 0 Å². The van der Waals surface area contributed by atoms with Crippen LogP contribution in [0.5, 0.6) is 0 Å². The Morgan fingerprint density at radius 3 is 2.20 bits per heavy atom. The molecule has 0 rings (SSSR count). The van der Waals surface area contributed by atoms with Crippen LogP contribution < -0.4 is 0 Å². The fraction of sp³-hybridized carbons (Fsp3) is 1.00. The lowest BCUT2D eigenvalue weighted by molar-refractivity contribution is 0.175. The first-order valence-electron chi connectivity index (χ1n) is 4.06. The second kappa shape index (κ2) is 7.03. The molecule has 2 nitrogen and oxygen atoms in total. The zero-order chi connectivity index (χ0) is 7.82. The molecule has 0 atom stereocenters. The van der Waals surface area contributed by atoms with Crippen molar-refractivity contribution in [1.82, 2.24) is 4.90 Å².